The van der Waals surface area contributed by atoms with Crippen LogP contribution in [0.1, 0.15) is 0 Å². The number of rotatable bonds is 7. The zero-order valence-corrected chi connectivity index (χ0v) is 29.6. The summed E-state index contributed by atoms with van der Waals surface area (Å²) in [6.45, 7) is 0. The molecule has 0 fully saturated rings. The second kappa shape index (κ2) is 13.4. The van der Waals surface area contributed by atoms with Crippen LogP contribution in [0, 0.1) is 0 Å². The van der Waals surface area contributed by atoms with Gasteiger partial charge in [0.05, 0.1) is 0 Å². The van der Waals surface area contributed by atoms with Crippen molar-refractivity contribution in [3.63, 3.8) is 0 Å². The van der Waals surface area contributed by atoms with Crippen molar-refractivity contribution in [2.75, 3.05) is 4.90 Å². The van der Waals surface area contributed by atoms with E-state index in [1.807, 2.05) is 12.1 Å². The van der Waals surface area contributed by atoms with E-state index in [9.17, 15) is 0 Å². The molecule has 0 saturated heterocycles. The van der Waals surface area contributed by atoms with Gasteiger partial charge in [-0.3, -0.25) is 0 Å². The Balaban J connectivity index is 1.02. The SMILES string of the molecule is c1ccc(-c2ccc(-c3ccc(N(c4ccc(-c5ccc6c(c5)oc5ccccc56)cc4)c4cccc(-c5ccc6ccccc6c5)c4)cc3)cc2)cc1. The predicted octanol–water partition coefficient (Wildman–Crippen LogP) is 14.9. The molecule has 0 saturated carbocycles. The van der Waals surface area contributed by atoms with E-state index in [1.165, 1.54) is 44.2 Å². The number of fused-ring (bicyclic) bond motifs is 4. The lowest BCUT2D eigenvalue weighted by Gasteiger charge is -2.26. The maximum Gasteiger partial charge on any atom is 0.136 e. The first-order valence-corrected chi connectivity index (χ1v) is 18.4. The van der Waals surface area contributed by atoms with Crippen molar-refractivity contribution in [1.82, 2.24) is 0 Å². The first-order valence-electron chi connectivity index (χ1n) is 18.4. The van der Waals surface area contributed by atoms with Crippen LogP contribution in [0.2, 0.25) is 0 Å². The molecule has 0 aliphatic carbocycles. The van der Waals surface area contributed by atoms with Crippen molar-refractivity contribution >= 4 is 49.8 Å². The number of furan rings is 1. The Hall–Kier alpha value is -7.16. The van der Waals surface area contributed by atoms with Crippen LogP contribution in [0.25, 0.3) is 77.2 Å². The van der Waals surface area contributed by atoms with Crippen LogP contribution in [0.3, 0.4) is 0 Å². The van der Waals surface area contributed by atoms with Gasteiger partial charge in [0.15, 0.2) is 0 Å². The van der Waals surface area contributed by atoms with Gasteiger partial charge in [0, 0.05) is 27.8 Å². The fraction of sp³-hybridized carbons (Fsp3) is 0. The summed E-state index contributed by atoms with van der Waals surface area (Å²) >= 11 is 0. The molecule has 0 bridgehead atoms. The van der Waals surface area contributed by atoms with E-state index in [-0.39, 0.29) is 0 Å². The zero-order valence-electron chi connectivity index (χ0n) is 29.6. The number of hydrogen-bond acceptors (Lipinski definition) is 2. The normalized spacial score (nSPS) is 11.3. The number of benzene rings is 9. The van der Waals surface area contributed by atoms with Crippen LogP contribution in [0.5, 0.6) is 0 Å². The minimum atomic E-state index is 0.903. The lowest BCUT2D eigenvalue weighted by atomic mass is 9.99. The average molecular weight is 690 g/mol. The van der Waals surface area contributed by atoms with E-state index >= 15 is 0 Å². The number of para-hydroxylation sites is 1. The van der Waals surface area contributed by atoms with Gasteiger partial charge in [0.2, 0.25) is 0 Å². The Morgan fingerprint density at radius 3 is 1.46 bits per heavy atom. The van der Waals surface area contributed by atoms with Crippen molar-refractivity contribution in [3.8, 4) is 44.5 Å². The topological polar surface area (TPSA) is 16.4 Å². The van der Waals surface area contributed by atoms with Gasteiger partial charge in [0.1, 0.15) is 11.2 Å². The highest BCUT2D eigenvalue weighted by Gasteiger charge is 2.15. The third-order valence-corrected chi connectivity index (χ3v) is 10.5. The predicted molar refractivity (Wildman–Crippen MR) is 228 cm³/mol. The monoisotopic (exact) mass is 689 g/mol. The number of hydrogen-bond donors (Lipinski definition) is 0. The van der Waals surface area contributed by atoms with E-state index in [0.29, 0.717) is 0 Å². The molecule has 0 N–H and O–H groups in total. The van der Waals surface area contributed by atoms with Gasteiger partial charge < -0.3 is 9.32 Å². The van der Waals surface area contributed by atoms with Crippen LogP contribution in [0.15, 0.2) is 217 Å². The molecule has 0 aliphatic heterocycles. The molecule has 2 nitrogen and oxygen atoms in total. The molecule has 0 atom stereocenters. The lowest BCUT2D eigenvalue weighted by molar-refractivity contribution is 0.669. The van der Waals surface area contributed by atoms with Crippen molar-refractivity contribution in [2.24, 2.45) is 0 Å². The molecular weight excluding hydrogens is 655 g/mol. The summed E-state index contributed by atoms with van der Waals surface area (Å²) in [5.41, 5.74) is 14.5. The molecule has 0 aliphatic rings. The Kier molecular flexibility index (Phi) is 7.85. The van der Waals surface area contributed by atoms with Gasteiger partial charge in [-0.2, -0.15) is 0 Å². The van der Waals surface area contributed by atoms with Gasteiger partial charge in [0.25, 0.3) is 0 Å². The van der Waals surface area contributed by atoms with Crippen molar-refractivity contribution in [1.29, 1.82) is 0 Å². The third kappa shape index (κ3) is 5.90. The summed E-state index contributed by atoms with van der Waals surface area (Å²) in [5.74, 6) is 0. The molecule has 2 heteroatoms. The van der Waals surface area contributed by atoms with E-state index < -0.39 is 0 Å². The van der Waals surface area contributed by atoms with Crippen LogP contribution >= 0.6 is 0 Å². The summed E-state index contributed by atoms with van der Waals surface area (Å²) in [5, 5.41) is 4.76. The third-order valence-electron chi connectivity index (χ3n) is 10.5. The first-order chi connectivity index (χ1) is 26.7. The first kappa shape index (κ1) is 31.6. The fourth-order valence-corrected chi connectivity index (χ4v) is 7.64. The quantitative estimate of drug-likeness (QED) is 0.166. The van der Waals surface area contributed by atoms with Crippen molar-refractivity contribution in [2.45, 2.75) is 0 Å². The molecule has 254 valence electrons. The largest absolute Gasteiger partial charge is 0.456 e. The lowest BCUT2D eigenvalue weighted by Crippen LogP contribution is -2.10. The summed E-state index contributed by atoms with van der Waals surface area (Å²) < 4.78 is 6.22. The van der Waals surface area contributed by atoms with E-state index in [1.54, 1.807) is 0 Å². The summed E-state index contributed by atoms with van der Waals surface area (Å²) in [4.78, 5) is 2.35. The molecule has 10 aromatic rings. The Morgan fingerprint density at radius 1 is 0.259 bits per heavy atom. The number of nitrogens with zero attached hydrogens (tertiary/aromatic N) is 1. The van der Waals surface area contributed by atoms with Crippen LogP contribution in [-0.4, -0.2) is 0 Å². The maximum absolute atomic E-state index is 6.22. The molecule has 54 heavy (non-hydrogen) atoms. The van der Waals surface area contributed by atoms with E-state index in [2.05, 4.69) is 205 Å². The molecule has 0 spiro atoms. The Morgan fingerprint density at radius 2 is 0.741 bits per heavy atom. The molecular formula is C52H35NO. The standard InChI is InChI=1S/C52H35NO/c1-2-9-36(10-3-1)38-17-19-39(20-18-38)40-23-28-46(29-24-40)53(48-14-8-13-43(34-48)44-22-21-37-11-4-5-12-42(37)33-44)47-30-25-41(26-31-47)45-27-32-50-49-15-6-7-16-51(49)54-52(50)35-45/h1-35H. The smallest absolute Gasteiger partial charge is 0.136 e. The summed E-state index contributed by atoms with van der Waals surface area (Å²) in [6, 6.07) is 76.0. The number of anilines is 3. The van der Waals surface area contributed by atoms with Crippen LogP contribution < -0.4 is 4.90 Å². The zero-order chi connectivity index (χ0) is 35.8. The van der Waals surface area contributed by atoms with Gasteiger partial charge in [-0.15, -0.1) is 0 Å². The average Bonchev–Trinajstić information content (AvgIpc) is 3.63. The summed E-state index contributed by atoms with van der Waals surface area (Å²) in [7, 11) is 0. The van der Waals surface area contributed by atoms with Gasteiger partial charge in [-0.05, 0) is 116 Å². The van der Waals surface area contributed by atoms with Crippen LogP contribution in [0.4, 0.5) is 17.1 Å². The molecule has 0 amide bonds. The van der Waals surface area contributed by atoms with E-state index in [0.717, 1.165) is 50.1 Å². The second-order valence-electron chi connectivity index (χ2n) is 13.8. The van der Waals surface area contributed by atoms with Gasteiger partial charge in [-0.25, -0.2) is 0 Å². The molecule has 0 unspecified atom stereocenters. The van der Waals surface area contributed by atoms with Crippen LogP contribution in [-0.2, 0) is 0 Å². The molecule has 10 rings (SSSR count). The second-order valence-corrected chi connectivity index (χ2v) is 13.8. The van der Waals surface area contributed by atoms with E-state index in [4.69, 9.17) is 4.42 Å². The van der Waals surface area contributed by atoms with Gasteiger partial charge >= 0.3 is 0 Å². The summed E-state index contributed by atoms with van der Waals surface area (Å²) in [6.07, 6.45) is 0. The minimum Gasteiger partial charge on any atom is -0.456 e. The fourth-order valence-electron chi connectivity index (χ4n) is 7.64. The molecule has 0 radical (unpaired) electrons. The Bertz CT molecular complexity index is 2900. The van der Waals surface area contributed by atoms with Gasteiger partial charge in [-0.1, -0.05) is 152 Å². The Labute approximate surface area is 314 Å². The molecule has 1 heterocycles. The molecule has 9 aromatic carbocycles. The maximum atomic E-state index is 6.22. The highest BCUT2D eigenvalue weighted by Crippen LogP contribution is 2.39. The van der Waals surface area contributed by atoms with Crippen molar-refractivity contribution in [3.05, 3.63) is 212 Å². The highest BCUT2D eigenvalue weighted by atomic mass is 16.3. The molecule has 1 aromatic heterocycles. The van der Waals surface area contributed by atoms with Crippen molar-refractivity contribution < 1.29 is 4.42 Å². The highest BCUT2D eigenvalue weighted by molar-refractivity contribution is 6.06. The minimum absolute atomic E-state index is 0.903.